The van der Waals surface area contributed by atoms with Crippen molar-refractivity contribution in [3.8, 4) is 0 Å². The van der Waals surface area contributed by atoms with Crippen LogP contribution in [-0.4, -0.2) is 27.0 Å². The van der Waals surface area contributed by atoms with Gasteiger partial charge in [-0.2, -0.15) is 0 Å². The molecule has 5 heteroatoms. The second kappa shape index (κ2) is 3.20. The molecule has 0 fully saturated rings. The second-order valence-electron chi connectivity index (χ2n) is 3.19. The molecule has 15 heavy (non-hydrogen) atoms. The van der Waals surface area contributed by atoms with Gasteiger partial charge in [0.15, 0.2) is 6.29 Å². The predicted molar refractivity (Wildman–Crippen MR) is 53.3 cm³/mol. The molecule has 0 radical (unpaired) electrons. The van der Waals surface area contributed by atoms with Gasteiger partial charge in [-0.05, 0) is 19.1 Å². The molecule has 0 aliphatic rings. The molecule has 0 saturated heterocycles. The van der Waals surface area contributed by atoms with Crippen LogP contribution in [0.2, 0.25) is 0 Å². The van der Waals surface area contributed by atoms with Crippen LogP contribution >= 0.6 is 0 Å². The molecule has 0 unspecified atom stereocenters. The lowest BCUT2D eigenvalue weighted by Gasteiger charge is -2.00. The molecule has 76 valence electrons. The minimum absolute atomic E-state index is 0.364. The standard InChI is InChI=1S/C10H8N2O3/c1-6-2-8-9(12(6)10(14)15)3-7(5-13)4-11-8/h2-5H,1H3,(H,14,15). The van der Waals surface area contributed by atoms with E-state index in [0.717, 1.165) is 4.57 Å². The summed E-state index contributed by atoms with van der Waals surface area (Å²) in [7, 11) is 0. The highest BCUT2D eigenvalue weighted by Crippen LogP contribution is 2.17. The van der Waals surface area contributed by atoms with Gasteiger partial charge in [0.2, 0.25) is 0 Å². The van der Waals surface area contributed by atoms with Gasteiger partial charge in [-0.25, -0.2) is 9.36 Å². The highest BCUT2D eigenvalue weighted by atomic mass is 16.4. The highest BCUT2D eigenvalue weighted by molar-refractivity contribution is 5.90. The number of carboxylic acid groups (broad SMARTS) is 1. The summed E-state index contributed by atoms with van der Waals surface area (Å²) >= 11 is 0. The van der Waals surface area contributed by atoms with Crippen LogP contribution < -0.4 is 0 Å². The molecule has 0 aliphatic carbocycles. The molecule has 0 bridgehead atoms. The Morgan fingerprint density at radius 3 is 2.87 bits per heavy atom. The molecular formula is C10H8N2O3. The van der Waals surface area contributed by atoms with Gasteiger partial charge in [0, 0.05) is 17.5 Å². The van der Waals surface area contributed by atoms with Gasteiger partial charge in [0.25, 0.3) is 0 Å². The van der Waals surface area contributed by atoms with E-state index in [4.69, 9.17) is 5.11 Å². The normalized spacial score (nSPS) is 10.5. The number of aldehydes is 1. The number of rotatable bonds is 1. The molecule has 2 aromatic heterocycles. The number of pyridine rings is 1. The summed E-state index contributed by atoms with van der Waals surface area (Å²) in [5, 5.41) is 8.96. The first-order chi connectivity index (χ1) is 7.13. The molecule has 2 aromatic rings. The molecule has 0 spiro atoms. The van der Waals surface area contributed by atoms with Crippen molar-refractivity contribution < 1.29 is 14.7 Å². The van der Waals surface area contributed by atoms with Crippen molar-refractivity contribution >= 4 is 23.4 Å². The third-order valence-corrected chi connectivity index (χ3v) is 2.19. The minimum Gasteiger partial charge on any atom is -0.464 e. The average molecular weight is 204 g/mol. The van der Waals surface area contributed by atoms with Crippen LogP contribution in [0.5, 0.6) is 0 Å². The van der Waals surface area contributed by atoms with Crippen molar-refractivity contribution in [1.82, 2.24) is 9.55 Å². The monoisotopic (exact) mass is 204 g/mol. The van der Waals surface area contributed by atoms with E-state index in [0.29, 0.717) is 28.6 Å². The Bertz CT molecular complexity index is 557. The van der Waals surface area contributed by atoms with Crippen molar-refractivity contribution in [2.45, 2.75) is 6.92 Å². The number of nitrogens with zero attached hydrogens (tertiary/aromatic N) is 2. The third-order valence-electron chi connectivity index (χ3n) is 2.19. The third kappa shape index (κ3) is 1.38. The number of carbonyl (C=O) groups excluding carboxylic acids is 1. The first-order valence-electron chi connectivity index (χ1n) is 4.30. The lowest BCUT2D eigenvalue weighted by Crippen LogP contribution is -2.09. The van der Waals surface area contributed by atoms with E-state index < -0.39 is 6.09 Å². The Kier molecular flexibility index (Phi) is 2.00. The molecule has 0 aliphatic heterocycles. The predicted octanol–water partition coefficient (Wildman–Crippen LogP) is 1.68. The summed E-state index contributed by atoms with van der Waals surface area (Å²) in [6.45, 7) is 1.68. The molecule has 2 rings (SSSR count). The largest absolute Gasteiger partial charge is 0.464 e. The SMILES string of the molecule is Cc1cc2ncc(C=O)cc2n1C(=O)O. The van der Waals surface area contributed by atoms with Crippen LogP contribution in [0.4, 0.5) is 4.79 Å². The molecule has 5 nitrogen and oxygen atoms in total. The zero-order chi connectivity index (χ0) is 11.0. The smallest absolute Gasteiger partial charge is 0.416 e. The molecule has 0 saturated carbocycles. The van der Waals surface area contributed by atoms with E-state index in [1.54, 1.807) is 13.0 Å². The maximum atomic E-state index is 10.9. The highest BCUT2D eigenvalue weighted by Gasteiger charge is 2.12. The van der Waals surface area contributed by atoms with Gasteiger partial charge < -0.3 is 5.11 Å². The molecule has 2 heterocycles. The summed E-state index contributed by atoms with van der Waals surface area (Å²) < 4.78 is 1.11. The van der Waals surface area contributed by atoms with Gasteiger partial charge in [-0.3, -0.25) is 9.78 Å². The Morgan fingerprint density at radius 1 is 1.53 bits per heavy atom. The van der Waals surface area contributed by atoms with Crippen LogP contribution in [0.15, 0.2) is 18.3 Å². The number of hydrogen-bond acceptors (Lipinski definition) is 3. The average Bonchev–Trinajstić information content (AvgIpc) is 2.52. The van der Waals surface area contributed by atoms with E-state index in [2.05, 4.69) is 4.98 Å². The minimum atomic E-state index is -1.08. The van der Waals surface area contributed by atoms with Crippen LogP contribution in [0, 0.1) is 6.92 Å². The zero-order valence-electron chi connectivity index (χ0n) is 7.97. The van der Waals surface area contributed by atoms with Gasteiger partial charge in [0.05, 0.1) is 11.0 Å². The van der Waals surface area contributed by atoms with E-state index in [1.165, 1.54) is 12.3 Å². The van der Waals surface area contributed by atoms with Crippen molar-refractivity contribution in [2.24, 2.45) is 0 Å². The summed E-state index contributed by atoms with van der Waals surface area (Å²) in [4.78, 5) is 25.5. The topological polar surface area (TPSA) is 72.2 Å². The van der Waals surface area contributed by atoms with Crippen LogP contribution in [-0.2, 0) is 0 Å². The first kappa shape index (κ1) is 9.39. The Morgan fingerprint density at radius 2 is 2.27 bits per heavy atom. The number of aryl methyl sites for hydroxylation is 1. The summed E-state index contributed by atoms with van der Waals surface area (Å²) in [6.07, 6.45) is 0.981. The van der Waals surface area contributed by atoms with Crippen molar-refractivity contribution in [3.05, 3.63) is 29.6 Å². The van der Waals surface area contributed by atoms with Crippen molar-refractivity contribution in [1.29, 1.82) is 0 Å². The summed E-state index contributed by atoms with van der Waals surface area (Å²) in [5.74, 6) is 0. The van der Waals surface area contributed by atoms with E-state index in [1.807, 2.05) is 0 Å². The number of fused-ring (bicyclic) bond motifs is 1. The van der Waals surface area contributed by atoms with Gasteiger partial charge in [-0.15, -0.1) is 0 Å². The van der Waals surface area contributed by atoms with Crippen molar-refractivity contribution in [3.63, 3.8) is 0 Å². The van der Waals surface area contributed by atoms with Crippen LogP contribution in [0.1, 0.15) is 16.1 Å². The zero-order valence-corrected chi connectivity index (χ0v) is 7.97. The fourth-order valence-electron chi connectivity index (χ4n) is 1.54. The maximum absolute atomic E-state index is 10.9. The molecule has 0 aromatic carbocycles. The molecule has 1 N–H and O–H groups in total. The summed E-state index contributed by atoms with van der Waals surface area (Å²) in [5.41, 5.74) is 1.95. The Balaban J connectivity index is 2.83. The Labute approximate surface area is 85.0 Å². The van der Waals surface area contributed by atoms with Gasteiger partial charge in [-0.1, -0.05) is 0 Å². The molecular weight excluding hydrogens is 196 g/mol. The maximum Gasteiger partial charge on any atom is 0.416 e. The lowest BCUT2D eigenvalue weighted by molar-refractivity contribution is 0.112. The molecule has 0 atom stereocenters. The number of aromatic nitrogens is 2. The fraction of sp³-hybridized carbons (Fsp3) is 0.100. The molecule has 0 amide bonds. The summed E-state index contributed by atoms with van der Waals surface area (Å²) in [6, 6.07) is 3.18. The van der Waals surface area contributed by atoms with E-state index in [9.17, 15) is 9.59 Å². The lowest BCUT2D eigenvalue weighted by atomic mass is 10.3. The van der Waals surface area contributed by atoms with Gasteiger partial charge in [0.1, 0.15) is 0 Å². The fourth-order valence-corrected chi connectivity index (χ4v) is 1.54. The first-order valence-corrected chi connectivity index (χ1v) is 4.30. The number of carbonyl (C=O) groups is 2. The van der Waals surface area contributed by atoms with Crippen LogP contribution in [0.25, 0.3) is 11.0 Å². The Hall–Kier alpha value is -2.17. The van der Waals surface area contributed by atoms with Crippen molar-refractivity contribution in [2.75, 3.05) is 0 Å². The van der Waals surface area contributed by atoms with E-state index >= 15 is 0 Å². The van der Waals surface area contributed by atoms with E-state index in [-0.39, 0.29) is 0 Å². The second-order valence-corrected chi connectivity index (χ2v) is 3.19. The van der Waals surface area contributed by atoms with Crippen LogP contribution in [0.3, 0.4) is 0 Å². The quantitative estimate of drug-likeness (QED) is 0.717. The van der Waals surface area contributed by atoms with Gasteiger partial charge >= 0.3 is 6.09 Å². The number of hydrogen-bond donors (Lipinski definition) is 1.